The molecule has 1 saturated heterocycles. The van der Waals surface area contributed by atoms with Crippen LogP contribution in [0, 0.1) is 29.9 Å². The summed E-state index contributed by atoms with van der Waals surface area (Å²) in [5, 5.41) is 14.5. The van der Waals surface area contributed by atoms with E-state index in [4.69, 9.17) is 4.74 Å². The van der Waals surface area contributed by atoms with Crippen molar-refractivity contribution in [2.24, 2.45) is 5.92 Å². The minimum Gasteiger partial charge on any atom is -0.456 e. The number of nitro groups is 1. The Balaban J connectivity index is 2.23. The summed E-state index contributed by atoms with van der Waals surface area (Å²) in [5.74, 6) is -0.206. The highest BCUT2D eigenvalue weighted by Crippen LogP contribution is 2.32. The van der Waals surface area contributed by atoms with E-state index in [0.29, 0.717) is 11.1 Å². The lowest BCUT2D eigenvalue weighted by Crippen LogP contribution is -2.42. The Morgan fingerprint density at radius 1 is 1.30 bits per heavy atom. The topological polar surface area (TPSA) is 81.5 Å². The Hall–Kier alpha value is -1.95. The van der Waals surface area contributed by atoms with E-state index < -0.39 is 16.5 Å². The van der Waals surface area contributed by atoms with Gasteiger partial charge in [0.05, 0.1) is 10.5 Å². The van der Waals surface area contributed by atoms with Gasteiger partial charge in [-0.05, 0) is 59.7 Å². The van der Waals surface area contributed by atoms with Crippen molar-refractivity contribution in [1.82, 2.24) is 5.32 Å². The molecule has 0 atom stereocenters. The highest BCUT2D eigenvalue weighted by Gasteiger charge is 2.35. The van der Waals surface area contributed by atoms with Gasteiger partial charge in [-0.2, -0.15) is 0 Å². The first-order valence-corrected chi connectivity index (χ1v) is 7.92. The van der Waals surface area contributed by atoms with Crippen LogP contribution in [0.3, 0.4) is 0 Å². The molecule has 0 unspecified atom stereocenters. The lowest BCUT2D eigenvalue weighted by atomic mass is 9.83. The molecule has 6 heteroatoms. The molecule has 23 heavy (non-hydrogen) atoms. The van der Waals surface area contributed by atoms with Gasteiger partial charge in [-0.25, -0.2) is 4.79 Å². The maximum Gasteiger partial charge on any atom is 0.339 e. The van der Waals surface area contributed by atoms with Gasteiger partial charge in [0.15, 0.2) is 0 Å². The molecular formula is C17H24N2O4. The number of aryl methyl sites for hydroxylation is 1. The Morgan fingerprint density at radius 2 is 1.91 bits per heavy atom. The summed E-state index contributed by atoms with van der Waals surface area (Å²) in [5.41, 5.74) is 0.567. The standard InChI is InChI=1S/C17H24N2O4/c1-11-5-6-14(12(2)15(11)19(21)22)16(20)23-17(3,4)13-7-9-18-10-8-13/h5-6,13,18H,7-10H2,1-4H3. The van der Waals surface area contributed by atoms with Gasteiger partial charge in [-0.15, -0.1) is 0 Å². The smallest absolute Gasteiger partial charge is 0.339 e. The molecule has 1 aromatic carbocycles. The summed E-state index contributed by atoms with van der Waals surface area (Å²) < 4.78 is 5.73. The van der Waals surface area contributed by atoms with E-state index in [0.717, 1.165) is 25.9 Å². The quantitative estimate of drug-likeness (QED) is 0.523. The molecule has 0 amide bonds. The number of carbonyl (C=O) groups excluding carboxylic acids is 1. The van der Waals surface area contributed by atoms with E-state index in [1.54, 1.807) is 26.0 Å². The van der Waals surface area contributed by atoms with E-state index in [2.05, 4.69) is 5.32 Å². The molecule has 0 spiro atoms. The number of nitrogens with one attached hydrogen (secondary N) is 1. The molecule has 1 aromatic rings. The number of carbonyl (C=O) groups is 1. The minimum atomic E-state index is -0.592. The summed E-state index contributed by atoms with van der Waals surface area (Å²) in [6, 6.07) is 3.21. The van der Waals surface area contributed by atoms with Crippen LogP contribution in [-0.2, 0) is 4.74 Å². The fourth-order valence-electron chi connectivity index (χ4n) is 3.23. The molecule has 1 heterocycles. The average Bonchev–Trinajstić information content (AvgIpc) is 2.47. The van der Waals surface area contributed by atoms with Crippen molar-refractivity contribution in [3.63, 3.8) is 0 Å². The van der Waals surface area contributed by atoms with E-state index >= 15 is 0 Å². The van der Waals surface area contributed by atoms with Gasteiger partial charge in [-0.1, -0.05) is 6.07 Å². The van der Waals surface area contributed by atoms with Gasteiger partial charge in [0.2, 0.25) is 0 Å². The fraction of sp³-hybridized carbons (Fsp3) is 0.588. The zero-order valence-electron chi connectivity index (χ0n) is 14.1. The average molecular weight is 320 g/mol. The molecule has 2 rings (SSSR count). The van der Waals surface area contributed by atoms with Crippen LogP contribution < -0.4 is 5.32 Å². The van der Waals surface area contributed by atoms with Crippen LogP contribution in [0.2, 0.25) is 0 Å². The highest BCUT2D eigenvalue weighted by atomic mass is 16.6. The molecule has 1 aliphatic rings. The third-order valence-electron chi connectivity index (χ3n) is 4.71. The number of esters is 1. The summed E-state index contributed by atoms with van der Waals surface area (Å²) >= 11 is 0. The molecule has 0 radical (unpaired) electrons. The van der Waals surface area contributed by atoms with Gasteiger partial charge in [0.25, 0.3) is 5.69 Å². The molecule has 6 nitrogen and oxygen atoms in total. The van der Waals surface area contributed by atoms with E-state index in [9.17, 15) is 14.9 Å². The zero-order valence-corrected chi connectivity index (χ0v) is 14.1. The van der Waals surface area contributed by atoms with E-state index in [1.807, 2.05) is 13.8 Å². The van der Waals surface area contributed by atoms with Gasteiger partial charge >= 0.3 is 5.97 Å². The first-order chi connectivity index (χ1) is 10.7. The maximum atomic E-state index is 12.5. The summed E-state index contributed by atoms with van der Waals surface area (Å²) in [4.78, 5) is 23.3. The Bertz CT molecular complexity index is 619. The van der Waals surface area contributed by atoms with Crippen molar-refractivity contribution in [2.75, 3.05) is 13.1 Å². The number of rotatable bonds is 4. The van der Waals surface area contributed by atoms with Crippen molar-refractivity contribution in [1.29, 1.82) is 0 Å². The first kappa shape index (κ1) is 17.4. The zero-order chi connectivity index (χ0) is 17.2. The van der Waals surface area contributed by atoms with E-state index in [-0.39, 0.29) is 17.2 Å². The number of ether oxygens (including phenoxy) is 1. The monoisotopic (exact) mass is 320 g/mol. The molecule has 1 N–H and O–H groups in total. The van der Waals surface area contributed by atoms with Gasteiger partial charge < -0.3 is 10.1 Å². The lowest BCUT2D eigenvalue weighted by molar-refractivity contribution is -0.386. The van der Waals surface area contributed by atoms with Crippen LogP contribution in [0.25, 0.3) is 0 Å². The fourth-order valence-corrected chi connectivity index (χ4v) is 3.23. The van der Waals surface area contributed by atoms with Crippen molar-refractivity contribution >= 4 is 11.7 Å². The summed E-state index contributed by atoms with van der Waals surface area (Å²) in [6.45, 7) is 8.93. The second-order valence-electron chi connectivity index (χ2n) is 6.68. The molecule has 0 aliphatic carbocycles. The first-order valence-electron chi connectivity index (χ1n) is 7.92. The van der Waals surface area contributed by atoms with Gasteiger partial charge in [-0.3, -0.25) is 10.1 Å². The summed E-state index contributed by atoms with van der Waals surface area (Å²) in [7, 11) is 0. The molecule has 0 bridgehead atoms. The number of nitrogens with zero attached hydrogens (tertiary/aromatic N) is 1. The Labute approximate surface area is 136 Å². The maximum absolute atomic E-state index is 12.5. The second kappa shape index (κ2) is 6.66. The molecule has 0 saturated carbocycles. The molecular weight excluding hydrogens is 296 g/mol. The van der Waals surface area contributed by atoms with Crippen LogP contribution in [0.15, 0.2) is 12.1 Å². The van der Waals surface area contributed by atoms with Crippen LogP contribution in [-0.4, -0.2) is 29.6 Å². The molecule has 126 valence electrons. The van der Waals surface area contributed by atoms with Crippen LogP contribution >= 0.6 is 0 Å². The predicted molar refractivity (Wildman–Crippen MR) is 87.7 cm³/mol. The number of piperidine rings is 1. The molecule has 1 aliphatic heterocycles. The number of hydrogen-bond acceptors (Lipinski definition) is 5. The largest absolute Gasteiger partial charge is 0.456 e. The van der Waals surface area contributed by atoms with Crippen LogP contribution in [0.5, 0.6) is 0 Å². The number of nitro benzene ring substituents is 1. The number of hydrogen-bond donors (Lipinski definition) is 1. The van der Waals surface area contributed by atoms with Crippen molar-refractivity contribution < 1.29 is 14.5 Å². The minimum absolute atomic E-state index is 0.0147. The highest BCUT2D eigenvalue weighted by molar-refractivity contribution is 5.92. The molecule has 0 aromatic heterocycles. The lowest BCUT2D eigenvalue weighted by Gasteiger charge is -2.36. The predicted octanol–water partition coefficient (Wildman–Crippen LogP) is 3.15. The van der Waals surface area contributed by atoms with Crippen molar-refractivity contribution in [3.05, 3.63) is 38.9 Å². The van der Waals surface area contributed by atoms with Gasteiger partial charge in [0, 0.05) is 17.0 Å². The Kier molecular flexibility index (Phi) is 5.04. The second-order valence-corrected chi connectivity index (χ2v) is 6.68. The van der Waals surface area contributed by atoms with Crippen molar-refractivity contribution in [3.8, 4) is 0 Å². The van der Waals surface area contributed by atoms with Crippen LogP contribution in [0.4, 0.5) is 5.69 Å². The summed E-state index contributed by atoms with van der Waals surface area (Å²) in [6.07, 6.45) is 1.90. The number of benzene rings is 1. The molecule has 1 fully saturated rings. The normalized spacial score (nSPS) is 16.2. The SMILES string of the molecule is Cc1ccc(C(=O)OC(C)(C)C2CCNCC2)c(C)c1[N+](=O)[O-]. The van der Waals surface area contributed by atoms with Crippen LogP contribution in [0.1, 0.15) is 48.2 Å². The third kappa shape index (κ3) is 3.69. The van der Waals surface area contributed by atoms with Gasteiger partial charge in [0.1, 0.15) is 5.60 Å². The Morgan fingerprint density at radius 3 is 2.48 bits per heavy atom. The van der Waals surface area contributed by atoms with Crippen molar-refractivity contribution in [2.45, 2.75) is 46.1 Å². The third-order valence-corrected chi connectivity index (χ3v) is 4.71. The van der Waals surface area contributed by atoms with E-state index in [1.165, 1.54) is 0 Å².